The van der Waals surface area contributed by atoms with E-state index < -0.39 is 0 Å². The summed E-state index contributed by atoms with van der Waals surface area (Å²) in [5.41, 5.74) is 8.97. The van der Waals surface area contributed by atoms with Gasteiger partial charge in [0, 0.05) is 18.7 Å². The predicted molar refractivity (Wildman–Crippen MR) is 77.4 cm³/mol. The molecule has 0 saturated carbocycles. The number of hydrogen-bond donors (Lipinski definition) is 2. The first kappa shape index (κ1) is 12.9. The molecule has 0 aliphatic carbocycles. The smallest absolute Gasteiger partial charge is 0.124 e. The first-order valence-electron chi connectivity index (χ1n) is 6.82. The topological polar surface area (TPSA) is 53.1 Å². The van der Waals surface area contributed by atoms with Gasteiger partial charge < -0.3 is 10.6 Å². The third-order valence-corrected chi connectivity index (χ3v) is 4.04. The molecule has 0 bridgehead atoms. The molecule has 3 N–H and O–H groups in total. The lowest BCUT2D eigenvalue weighted by Crippen LogP contribution is -2.35. The molecular weight excluding hydrogens is 222 g/mol. The van der Waals surface area contributed by atoms with Crippen LogP contribution in [0.1, 0.15) is 37.3 Å². The van der Waals surface area contributed by atoms with Crippen LogP contribution in [0.15, 0.2) is 18.2 Å². The summed E-state index contributed by atoms with van der Waals surface area (Å²) in [5, 5.41) is 7.72. The number of nitrogens with one attached hydrogen (secondary N) is 1. The summed E-state index contributed by atoms with van der Waals surface area (Å²) in [4.78, 5) is 2.40. The van der Waals surface area contributed by atoms with Gasteiger partial charge in [0.15, 0.2) is 0 Å². The van der Waals surface area contributed by atoms with Gasteiger partial charge in [0.1, 0.15) is 5.84 Å². The molecule has 1 aromatic rings. The summed E-state index contributed by atoms with van der Waals surface area (Å²) >= 11 is 0. The van der Waals surface area contributed by atoms with E-state index in [0.29, 0.717) is 0 Å². The predicted octanol–water partition coefficient (Wildman–Crippen LogP) is 2.91. The van der Waals surface area contributed by atoms with E-state index in [4.69, 9.17) is 11.1 Å². The highest BCUT2D eigenvalue weighted by Crippen LogP contribution is 2.30. The van der Waals surface area contributed by atoms with E-state index in [1.54, 1.807) is 0 Å². The van der Waals surface area contributed by atoms with Crippen molar-refractivity contribution in [2.75, 3.05) is 18.0 Å². The fourth-order valence-corrected chi connectivity index (χ4v) is 2.86. The molecule has 18 heavy (non-hydrogen) atoms. The average molecular weight is 245 g/mol. The van der Waals surface area contributed by atoms with Gasteiger partial charge in [-0.25, -0.2) is 0 Å². The minimum absolute atomic E-state index is 0.173. The number of piperidine rings is 1. The second-order valence-electron chi connectivity index (χ2n) is 5.22. The summed E-state index contributed by atoms with van der Waals surface area (Å²) in [6.07, 6.45) is 3.78. The summed E-state index contributed by atoms with van der Waals surface area (Å²) < 4.78 is 0. The van der Waals surface area contributed by atoms with Gasteiger partial charge in [-0.3, -0.25) is 5.41 Å². The van der Waals surface area contributed by atoms with E-state index in [2.05, 4.69) is 24.8 Å². The Morgan fingerprint density at radius 2 is 2.06 bits per heavy atom. The number of amidine groups is 1. The van der Waals surface area contributed by atoms with Gasteiger partial charge in [-0.15, -0.1) is 0 Å². The molecular formula is C15H23N3. The van der Waals surface area contributed by atoms with Gasteiger partial charge in [0.05, 0.1) is 5.69 Å². The lowest BCUT2D eigenvalue weighted by Gasteiger charge is -2.35. The molecule has 0 unspecified atom stereocenters. The molecule has 1 aromatic carbocycles. The fourth-order valence-electron chi connectivity index (χ4n) is 2.86. The number of benzene rings is 1. The number of hydrogen-bond acceptors (Lipinski definition) is 2. The highest BCUT2D eigenvalue weighted by molar-refractivity contribution is 6.01. The second-order valence-corrected chi connectivity index (χ2v) is 5.22. The van der Waals surface area contributed by atoms with E-state index in [1.165, 1.54) is 30.5 Å². The van der Waals surface area contributed by atoms with Crippen LogP contribution in [0.4, 0.5) is 5.69 Å². The first-order valence-corrected chi connectivity index (χ1v) is 6.82. The zero-order chi connectivity index (χ0) is 13.1. The summed E-state index contributed by atoms with van der Waals surface area (Å²) in [6, 6.07) is 6.04. The summed E-state index contributed by atoms with van der Waals surface area (Å²) in [6.45, 7) is 6.55. The average Bonchev–Trinajstić information content (AvgIpc) is 2.38. The summed E-state index contributed by atoms with van der Waals surface area (Å²) in [5.74, 6) is 1.04. The Morgan fingerprint density at radius 3 is 2.61 bits per heavy atom. The van der Waals surface area contributed by atoms with Crippen LogP contribution in [-0.4, -0.2) is 18.9 Å². The van der Waals surface area contributed by atoms with Crippen molar-refractivity contribution in [3.8, 4) is 0 Å². The molecule has 0 radical (unpaired) electrons. The van der Waals surface area contributed by atoms with Crippen LogP contribution in [0.3, 0.4) is 0 Å². The second kappa shape index (κ2) is 5.42. The molecule has 1 fully saturated rings. The van der Waals surface area contributed by atoms with Crippen LogP contribution in [0.2, 0.25) is 0 Å². The maximum Gasteiger partial charge on any atom is 0.124 e. The molecule has 2 rings (SSSR count). The maximum atomic E-state index is 7.72. The SMILES string of the molecule is CCC1CCN(c2c(C)cccc2C(=N)N)CC1. The molecule has 1 aliphatic heterocycles. The van der Waals surface area contributed by atoms with E-state index in [0.717, 1.165) is 24.6 Å². The zero-order valence-electron chi connectivity index (χ0n) is 11.4. The van der Waals surface area contributed by atoms with Crippen molar-refractivity contribution in [1.82, 2.24) is 0 Å². The van der Waals surface area contributed by atoms with E-state index in [-0.39, 0.29) is 5.84 Å². The Kier molecular flexibility index (Phi) is 3.90. The van der Waals surface area contributed by atoms with Crippen LogP contribution in [0.5, 0.6) is 0 Å². The highest BCUT2D eigenvalue weighted by atomic mass is 15.1. The molecule has 98 valence electrons. The number of nitrogens with zero attached hydrogens (tertiary/aromatic N) is 1. The van der Waals surface area contributed by atoms with Crippen molar-refractivity contribution in [2.24, 2.45) is 11.7 Å². The molecule has 0 atom stereocenters. The minimum atomic E-state index is 0.173. The monoisotopic (exact) mass is 245 g/mol. The lowest BCUT2D eigenvalue weighted by atomic mass is 9.93. The Balaban J connectivity index is 2.26. The maximum absolute atomic E-state index is 7.72. The molecule has 3 heteroatoms. The van der Waals surface area contributed by atoms with Crippen LogP contribution >= 0.6 is 0 Å². The van der Waals surface area contributed by atoms with Crippen molar-refractivity contribution < 1.29 is 0 Å². The van der Waals surface area contributed by atoms with Gasteiger partial charge >= 0.3 is 0 Å². The Bertz CT molecular complexity index is 431. The Morgan fingerprint density at radius 1 is 1.39 bits per heavy atom. The van der Waals surface area contributed by atoms with E-state index in [9.17, 15) is 0 Å². The number of rotatable bonds is 3. The van der Waals surface area contributed by atoms with Gasteiger partial charge in [-0.2, -0.15) is 0 Å². The highest BCUT2D eigenvalue weighted by Gasteiger charge is 2.21. The normalized spacial score (nSPS) is 16.9. The number of nitrogen functional groups attached to an aromatic ring is 1. The van der Waals surface area contributed by atoms with E-state index in [1.807, 2.05) is 12.1 Å². The van der Waals surface area contributed by atoms with Crippen LogP contribution in [0, 0.1) is 18.3 Å². The molecule has 0 amide bonds. The van der Waals surface area contributed by atoms with Crippen LogP contribution < -0.4 is 10.6 Å². The van der Waals surface area contributed by atoms with Crippen LogP contribution in [0.25, 0.3) is 0 Å². The minimum Gasteiger partial charge on any atom is -0.384 e. The first-order chi connectivity index (χ1) is 8.63. The van der Waals surface area contributed by atoms with Crippen molar-refractivity contribution >= 4 is 11.5 Å². The van der Waals surface area contributed by atoms with Gasteiger partial charge in [0.25, 0.3) is 0 Å². The van der Waals surface area contributed by atoms with Crippen molar-refractivity contribution in [3.63, 3.8) is 0 Å². The summed E-state index contributed by atoms with van der Waals surface area (Å²) in [7, 11) is 0. The van der Waals surface area contributed by atoms with Crippen LogP contribution in [-0.2, 0) is 0 Å². The third kappa shape index (κ3) is 2.50. The Hall–Kier alpha value is -1.51. The van der Waals surface area contributed by atoms with Crippen molar-refractivity contribution in [3.05, 3.63) is 29.3 Å². The lowest BCUT2D eigenvalue weighted by molar-refractivity contribution is 0.395. The largest absolute Gasteiger partial charge is 0.384 e. The number of aryl methyl sites for hydroxylation is 1. The standard InChI is InChI=1S/C15H23N3/c1-3-12-7-9-18(10-8-12)14-11(2)5-4-6-13(14)15(16)17/h4-6,12H,3,7-10H2,1-2H3,(H3,16,17). The zero-order valence-corrected chi connectivity index (χ0v) is 11.4. The Labute approximate surface area is 109 Å². The van der Waals surface area contributed by atoms with Gasteiger partial charge in [-0.05, 0) is 37.3 Å². The molecule has 3 nitrogen and oxygen atoms in total. The molecule has 1 heterocycles. The van der Waals surface area contributed by atoms with Crippen molar-refractivity contribution in [2.45, 2.75) is 33.1 Å². The number of nitrogens with two attached hydrogens (primary N) is 1. The van der Waals surface area contributed by atoms with E-state index >= 15 is 0 Å². The molecule has 1 saturated heterocycles. The van der Waals surface area contributed by atoms with Gasteiger partial charge in [0.2, 0.25) is 0 Å². The molecule has 0 aromatic heterocycles. The molecule has 1 aliphatic rings. The fraction of sp³-hybridized carbons (Fsp3) is 0.533. The quantitative estimate of drug-likeness (QED) is 0.635. The third-order valence-electron chi connectivity index (χ3n) is 4.04. The van der Waals surface area contributed by atoms with Gasteiger partial charge in [-0.1, -0.05) is 25.5 Å². The molecule has 0 spiro atoms. The number of anilines is 1. The van der Waals surface area contributed by atoms with Crippen molar-refractivity contribution in [1.29, 1.82) is 5.41 Å². The number of para-hydroxylation sites is 1.